The monoisotopic (exact) mass is 410 g/mol. The van der Waals surface area contributed by atoms with Crippen LogP contribution < -0.4 is 5.32 Å². The Bertz CT molecular complexity index is 902. The van der Waals surface area contributed by atoms with Crippen LogP contribution in [0.15, 0.2) is 53.4 Å². The number of hydrogen-bond acceptors (Lipinski definition) is 3. The van der Waals surface area contributed by atoms with Gasteiger partial charge in [-0.25, -0.2) is 0 Å². The van der Waals surface area contributed by atoms with Crippen molar-refractivity contribution in [1.82, 2.24) is 4.90 Å². The van der Waals surface area contributed by atoms with Gasteiger partial charge in [-0.15, -0.1) is 11.8 Å². The van der Waals surface area contributed by atoms with Gasteiger partial charge in [-0.05, 0) is 48.3 Å². The molecule has 1 aliphatic rings. The molecular weight excluding hydrogens is 380 g/mol. The van der Waals surface area contributed by atoms with E-state index in [-0.39, 0.29) is 17.2 Å². The number of carbonyl (C=O) groups excluding carboxylic acids is 2. The summed E-state index contributed by atoms with van der Waals surface area (Å²) >= 11 is 1.59. The van der Waals surface area contributed by atoms with E-state index in [4.69, 9.17) is 0 Å². The summed E-state index contributed by atoms with van der Waals surface area (Å²) in [5, 5.41) is 3.02. The predicted molar refractivity (Wildman–Crippen MR) is 120 cm³/mol. The van der Waals surface area contributed by atoms with E-state index >= 15 is 0 Å². The molecule has 3 rings (SSSR count). The van der Waals surface area contributed by atoms with Crippen molar-refractivity contribution in [2.24, 2.45) is 0 Å². The molecule has 2 amide bonds. The number of amides is 2. The Hall–Kier alpha value is -2.27. The number of hydrogen-bond donors (Lipinski definition) is 1. The van der Waals surface area contributed by atoms with Gasteiger partial charge in [0, 0.05) is 11.4 Å². The van der Waals surface area contributed by atoms with Crippen molar-refractivity contribution in [1.29, 1.82) is 0 Å². The van der Waals surface area contributed by atoms with E-state index in [2.05, 4.69) is 38.2 Å². The second kappa shape index (κ2) is 8.23. The van der Waals surface area contributed by atoms with Gasteiger partial charge in [0.2, 0.25) is 11.8 Å². The number of benzene rings is 2. The Morgan fingerprint density at radius 2 is 1.76 bits per heavy atom. The van der Waals surface area contributed by atoms with Crippen LogP contribution in [0.3, 0.4) is 0 Å². The van der Waals surface area contributed by atoms with Crippen LogP contribution in [0, 0.1) is 0 Å². The van der Waals surface area contributed by atoms with Gasteiger partial charge in [-0.2, -0.15) is 0 Å². The highest BCUT2D eigenvalue weighted by Gasteiger charge is 2.49. The van der Waals surface area contributed by atoms with Crippen molar-refractivity contribution in [3.05, 3.63) is 59.7 Å². The molecule has 1 saturated heterocycles. The first-order chi connectivity index (χ1) is 13.6. The summed E-state index contributed by atoms with van der Waals surface area (Å²) in [7, 11) is 0. The van der Waals surface area contributed by atoms with Crippen molar-refractivity contribution in [2.75, 3.05) is 18.1 Å². The molecule has 1 fully saturated rings. The molecule has 1 N–H and O–H groups in total. The van der Waals surface area contributed by atoms with Crippen molar-refractivity contribution in [2.45, 2.75) is 56.4 Å². The van der Waals surface area contributed by atoms with Crippen molar-refractivity contribution in [3.63, 3.8) is 0 Å². The lowest BCUT2D eigenvalue weighted by Gasteiger charge is -2.49. The molecule has 0 aromatic heterocycles. The van der Waals surface area contributed by atoms with Crippen molar-refractivity contribution in [3.8, 4) is 0 Å². The van der Waals surface area contributed by atoms with Crippen LogP contribution in [0.4, 0.5) is 5.69 Å². The fourth-order valence-electron chi connectivity index (χ4n) is 3.59. The highest BCUT2D eigenvalue weighted by Crippen LogP contribution is 2.34. The van der Waals surface area contributed by atoms with Gasteiger partial charge in [-0.1, -0.05) is 57.2 Å². The molecule has 1 unspecified atom stereocenters. The van der Waals surface area contributed by atoms with Crippen molar-refractivity contribution < 1.29 is 9.59 Å². The van der Waals surface area contributed by atoms with E-state index < -0.39 is 5.54 Å². The zero-order valence-electron chi connectivity index (χ0n) is 17.9. The summed E-state index contributed by atoms with van der Waals surface area (Å²) in [5.41, 5.74) is 2.31. The minimum atomic E-state index is -0.798. The predicted octanol–water partition coefficient (Wildman–Crippen LogP) is 4.88. The van der Waals surface area contributed by atoms with Crippen LogP contribution in [0.2, 0.25) is 0 Å². The summed E-state index contributed by atoms with van der Waals surface area (Å²) in [6.07, 6.45) is 2.97. The molecule has 2 aromatic rings. The number of anilines is 1. The number of carbonyl (C=O) groups is 2. The average Bonchev–Trinajstić information content (AvgIpc) is 2.66. The normalized spacial score (nSPS) is 18.9. The molecule has 1 aliphatic heterocycles. The minimum Gasteiger partial charge on any atom is -0.328 e. The number of nitrogens with one attached hydrogen (secondary N) is 1. The average molecular weight is 411 g/mol. The van der Waals surface area contributed by atoms with Gasteiger partial charge in [0.1, 0.15) is 5.54 Å². The topological polar surface area (TPSA) is 49.4 Å². The molecule has 1 heterocycles. The van der Waals surface area contributed by atoms with Gasteiger partial charge in [0.15, 0.2) is 0 Å². The maximum Gasteiger partial charge on any atom is 0.250 e. The third-order valence-electron chi connectivity index (χ3n) is 5.74. The highest BCUT2D eigenvalue weighted by molar-refractivity contribution is 7.98. The molecule has 0 bridgehead atoms. The maximum atomic E-state index is 13.0. The van der Waals surface area contributed by atoms with E-state index in [0.717, 1.165) is 16.1 Å². The fourth-order valence-corrected chi connectivity index (χ4v) is 4.15. The quantitative estimate of drug-likeness (QED) is 0.715. The summed E-state index contributed by atoms with van der Waals surface area (Å²) < 4.78 is 0. The molecule has 0 aliphatic carbocycles. The second-order valence-corrected chi connectivity index (χ2v) is 9.70. The smallest absolute Gasteiger partial charge is 0.250 e. The van der Waals surface area contributed by atoms with Crippen LogP contribution in [0.5, 0.6) is 0 Å². The standard InChI is InChI=1S/C24H30N2O2S/c1-23(2,3)18-12-10-17(11-13-18)16-21(27)26-15-14-24(26,4)22(28)25-19-8-6-7-9-20(19)29-5/h6-13H,14-16H2,1-5H3,(H,25,28). The van der Waals surface area contributed by atoms with E-state index in [9.17, 15) is 9.59 Å². The molecule has 29 heavy (non-hydrogen) atoms. The highest BCUT2D eigenvalue weighted by atomic mass is 32.2. The van der Waals surface area contributed by atoms with Gasteiger partial charge in [0.25, 0.3) is 0 Å². The molecular formula is C24H30N2O2S. The second-order valence-electron chi connectivity index (χ2n) is 8.85. The number of thioether (sulfide) groups is 1. The third-order valence-corrected chi connectivity index (χ3v) is 6.53. The fraction of sp³-hybridized carbons (Fsp3) is 0.417. The number of para-hydroxylation sites is 1. The van der Waals surface area contributed by atoms with E-state index in [1.807, 2.05) is 49.6 Å². The summed E-state index contributed by atoms with van der Waals surface area (Å²) in [5.74, 6) is -0.128. The van der Waals surface area contributed by atoms with Crippen LogP contribution in [0.1, 0.15) is 45.2 Å². The molecule has 0 saturated carbocycles. The largest absolute Gasteiger partial charge is 0.328 e. The van der Waals surface area contributed by atoms with Gasteiger partial charge in [-0.3, -0.25) is 9.59 Å². The maximum absolute atomic E-state index is 13.0. The first-order valence-corrected chi connectivity index (χ1v) is 11.2. The third kappa shape index (κ3) is 4.50. The lowest BCUT2D eigenvalue weighted by Crippen LogP contribution is -2.66. The van der Waals surface area contributed by atoms with Crippen LogP contribution in [-0.4, -0.2) is 35.1 Å². The Morgan fingerprint density at radius 3 is 2.31 bits per heavy atom. The number of likely N-dealkylation sites (tertiary alicyclic amines) is 1. The SMILES string of the molecule is CSc1ccccc1NC(=O)C1(C)CCN1C(=O)Cc1ccc(C(C)(C)C)cc1. The Balaban J connectivity index is 1.68. The molecule has 5 heteroatoms. The molecule has 0 radical (unpaired) electrons. The molecule has 0 spiro atoms. The van der Waals surface area contributed by atoms with Gasteiger partial charge < -0.3 is 10.2 Å². The molecule has 2 aromatic carbocycles. The van der Waals surface area contributed by atoms with Crippen LogP contribution in [-0.2, 0) is 21.4 Å². The van der Waals surface area contributed by atoms with Crippen LogP contribution in [0.25, 0.3) is 0 Å². The minimum absolute atomic E-state index is 0.00411. The number of nitrogens with zero attached hydrogens (tertiary/aromatic N) is 1. The Morgan fingerprint density at radius 1 is 1.10 bits per heavy atom. The van der Waals surface area contributed by atoms with Crippen LogP contribution >= 0.6 is 11.8 Å². The molecule has 154 valence electrons. The number of rotatable bonds is 5. The first kappa shape index (κ1) is 21.4. The van der Waals surface area contributed by atoms with Gasteiger partial charge >= 0.3 is 0 Å². The van der Waals surface area contributed by atoms with Gasteiger partial charge in [0.05, 0.1) is 12.1 Å². The van der Waals surface area contributed by atoms with E-state index in [1.54, 1.807) is 16.7 Å². The molecule has 1 atom stereocenters. The lowest BCUT2D eigenvalue weighted by molar-refractivity contribution is -0.154. The lowest BCUT2D eigenvalue weighted by atomic mass is 9.84. The molecule has 4 nitrogen and oxygen atoms in total. The zero-order chi connectivity index (χ0) is 21.2. The van der Waals surface area contributed by atoms with E-state index in [0.29, 0.717) is 19.4 Å². The van der Waals surface area contributed by atoms with Crippen molar-refractivity contribution >= 4 is 29.3 Å². The summed E-state index contributed by atoms with van der Waals surface area (Å²) in [4.78, 5) is 28.6. The Labute approximate surface area is 178 Å². The first-order valence-electron chi connectivity index (χ1n) is 9.99. The summed E-state index contributed by atoms with van der Waals surface area (Å²) in [6.45, 7) is 8.99. The Kier molecular flexibility index (Phi) is 6.08. The summed E-state index contributed by atoms with van der Waals surface area (Å²) in [6, 6.07) is 15.9. The zero-order valence-corrected chi connectivity index (χ0v) is 18.7. The van der Waals surface area contributed by atoms with E-state index in [1.165, 1.54) is 5.56 Å².